The minimum atomic E-state index is -0.0283. The van der Waals surface area contributed by atoms with Crippen LogP contribution in [0.2, 0.25) is 0 Å². The standard InChI is InChI=1S/C17H21N3OS2/c1-4-11(5-2)18-10(3)15-19-16(21)14-12(9-23-17(14)20-15)13-7-6-8-22-13/h6-11,18H,4-5H2,1-3H3,(H,19,20,21)/p+1/t10-/m0/s1. The van der Waals surface area contributed by atoms with Gasteiger partial charge in [0.15, 0.2) is 5.82 Å². The fraction of sp³-hybridized carbons (Fsp3) is 0.412. The monoisotopic (exact) mass is 348 g/mol. The van der Waals surface area contributed by atoms with E-state index in [1.54, 1.807) is 22.7 Å². The molecule has 0 fully saturated rings. The summed E-state index contributed by atoms with van der Waals surface area (Å²) in [6.45, 7) is 6.50. The van der Waals surface area contributed by atoms with Crippen LogP contribution in [0.4, 0.5) is 0 Å². The zero-order valence-electron chi connectivity index (χ0n) is 13.6. The lowest BCUT2D eigenvalue weighted by atomic mass is 10.1. The van der Waals surface area contributed by atoms with Crippen LogP contribution in [0, 0.1) is 0 Å². The fourth-order valence-corrected chi connectivity index (χ4v) is 4.62. The first-order chi connectivity index (χ1) is 11.1. The Hall–Kier alpha value is -1.50. The van der Waals surface area contributed by atoms with E-state index in [-0.39, 0.29) is 11.6 Å². The Labute approximate surface area is 143 Å². The number of aromatic nitrogens is 2. The zero-order valence-corrected chi connectivity index (χ0v) is 15.3. The molecule has 0 aromatic carbocycles. The quantitative estimate of drug-likeness (QED) is 0.716. The van der Waals surface area contributed by atoms with Crippen molar-refractivity contribution in [2.24, 2.45) is 0 Å². The van der Waals surface area contributed by atoms with Crippen LogP contribution in [0.15, 0.2) is 27.7 Å². The Morgan fingerprint density at radius 1 is 1.30 bits per heavy atom. The van der Waals surface area contributed by atoms with Crippen LogP contribution in [0.3, 0.4) is 0 Å². The Bertz CT molecular complexity index is 831. The maximum atomic E-state index is 12.6. The van der Waals surface area contributed by atoms with Crippen LogP contribution >= 0.6 is 22.7 Å². The zero-order chi connectivity index (χ0) is 16.4. The smallest absolute Gasteiger partial charge is 0.260 e. The lowest BCUT2D eigenvalue weighted by Crippen LogP contribution is -2.90. The molecule has 3 N–H and O–H groups in total. The van der Waals surface area contributed by atoms with E-state index in [9.17, 15) is 4.79 Å². The molecule has 0 unspecified atom stereocenters. The Morgan fingerprint density at radius 2 is 2.09 bits per heavy atom. The molecule has 0 saturated carbocycles. The lowest BCUT2D eigenvalue weighted by molar-refractivity contribution is -0.726. The average molecular weight is 349 g/mol. The predicted octanol–water partition coefficient (Wildman–Crippen LogP) is 3.53. The maximum absolute atomic E-state index is 12.6. The summed E-state index contributed by atoms with van der Waals surface area (Å²) < 4.78 is 0. The summed E-state index contributed by atoms with van der Waals surface area (Å²) in [5, 5.41) is 7.09. The molecule has 0 aliphatic heterocycles. The summed E-state index contributed by atoms with van der Waals surface area (Å²) in [7, 11) is 0. The number of aromatic amines is 1. The predicted molar refractivity (Wildman–Crippen MR) is 98.3 cm³/mol. The minimum Gasteiger partial charge on any atom is -0.335 e. The highest BCUT2D eigenvalue weighted by Gasteiger charge is 2.19. The van der Waals surface area contributed by atoms with E-state index in [0.29, 0.717) is 6.04 Å². The van der Waals surface area contributed by atoms with Gasteiger partial charge in [-0.2, -0.15) is 0 Å². The van der Waals surface area contributed by atoms with Crippen LogP contribution in [0.1, 0.15) is 45.5 Å². The van der Waals surface area contributed by atoms with E-state index in [1.165, 1.54) is 0 Å². The van der Waals surface area contributed by atoms with Crippen LogP contribution in [0.25, 0.3) is 20.7 Å². The summed E-state index contributed by atoms with van der Waals surface area (Å²) in [4.78, 5) is 22.3. The molecule has 122 valence electrons. The molecule has 3 aromatic rings. The molecule has 3 aromatic heterocycles. The largest absolute Gasteiger partial charge is 0.335 e. The van der Waals surface area contributed by atoms with Gasteiger partial charge in [0.1, 0.15) is 10.9 Å². The van der Waals surface area contributed by atoms with Gasteiger partial charge in [-0.25, -0.2) is 4.98 Å². The molecular formula is C17H22N3OS2+. The number of fused-ring (bicyclic) bond motifs is 1. The van der Waals surface area contributed by atoms with E-state index in [1.807, 2.05) is 22.9 Å². The number of rotatable bonds is 6. The molecule has 0 bridgehead atoms. The van der Waals surface area contributed by atoms with Crippen LogP contribution < -0.4 is 10.9 Å². The number of nitrogens with one attached hydrogen (secondary N) is 1. The van der Waals surface area contributed by atoms with Gasteiger partial charge in [0.2, 0.25) is 0 Å². The van der Waals surface area contributed by atoms with Crippen LogP contribution in [-0.2, 0) is 0 Å². The SMILES string of the molecule is CCC(CC)[NH2+][C@@H](C)c1nc2scc(-c3cccs3)c2c(=O)[nH]1. The summed E-state index contributed by atoms with van der Waals surface area (Å²) in [5.74, 6) is 0.772. The van der Waals surface area contributed by atoms with E-state index >= 15 is 0 Å². The van der Waals surface area contributed by atoms with Crippen molar-refractivity contribution in [2.75, 3.05) is 0 Å². The fourth-order valence-electron chi connectivity index (χ4n) is 2.85. The highest BCUT2D eigenvalue weighted by atomic mass is 32.1. The van der Waals surface area contributed by atoms with E-state index < -0.39 is 0 Å². The third-order valence-corrected chi connectivity index (χ3v) is 6.07. The summed E-state index contributed by atoms with van der Waals surface area (Å²) in [6.07, 6.45) is 2.24. The van der Waals surface area contributed by atoms with Gasteiger partial charge in [0.05, 0.1) is 11.4 Å². The molecule has 0 aliphatic carbocycles. The number of H-pyrrole nitrogens is 1. The maximum Gasteiger partial charge on any atom is 0.260 e. The Balaban J connectivity index is 1.98. The number of nitrogens with two attached hydrogens (primary N) is 1. The number of thiophene rings is 2. The van der Waals surface area contributed by atoms with Crippen LogP contribution in [-0.4, -0.2) is 16.0 Å². The average Bonchev–Trinajstić information content (AvgIpc) is 3.20. The molecular weight excluding hydrogens is 326 g/mol. The number of hydrogen-bond donors (Lipinski definition) is 2. The van der Waals surface area contributed by atoms with Crippen molar-refractivity contribution < 1.29 is 5.32 Å². The van der Waals surface area contributed by atoms with Crippen molar-refractivity contribution in [1.29, 1.82) is 0 Å². The molecule has 3 rings (SSSR count). The molecule has 0 spiro atoms. The second kappa shape index (κ2) is 6.95. The van der Waals surface area contributed by atoms with Crippen molar-refractivity contribution in [3.8, 4) is 10.4 Å². The first-order valence-corrected chi connectivity index (χ1v) is 9.80. The number of hydrogen-bond acceptors (Lipinski definition) is 4. The van der Waals surface area contributed by atoms with Crippen molar-refractivity contribution in [2.45, 2.75) is 45.7 Å². The third kappa shape index (κ3) is 3.24. The van der Waals surface area contributed by atoms with Crippen molar-refractivity contribution >= 4 is 32.9 Å². The summed E-state index contributed by atoms with van der Waals surface area (Å²) in [5.41, 5.74) is 0.969. The second-order valence-electron chi connectivity index (χ2n) is 5.82. The minimum absolute atomic E-state index is 0.0283. The van der Waals surface area contributed by atoms with Crippen molar-refractivity contribution in [3.05, 3.63) is 39.1 Å². The summed E-state index contributed by atoms with van der Waals surface area (Å²) in [6, 6.07) is 4.77. The van der Waals surface area contributed by atoms with Gasteiger partial charge < -0.3 is 10.3 Å². The molecule has 1 atom stereocenters. The number of nitrogens with zero attached hydrogens (tertiary/aromatic N) is 1. The second-order valence-corrected chi connectivity index (χ2v) is 7.62. The van der Waals surface area contributed by atoms with E-state index in [0.717, 1.165) is 39.3 Å². The van der Waals surface area contributed by atoms with Crippen molar-refractivity contribution in [1.82, 2.24) is 9.97 Å². The number of quaternary nitrogens is 1. The molecule has 6 heteroatoms. The van der Waals surface area contributed by atoms with Gasteiger partial charge in [0, 0.05) is 15.8 Å². The molecule has 0 saturated heterocycles. The topological polar surface area (TPSA) is 62.4 Å². The van der Waals surface area contributed by atoms with Crippen molar-refractivity contribution in [3.63, 3.8) is 0 Å². The first kappa shape index (κ1) is 16.4. The van der Waals surface area contributed by atoms with Gasteiger partial charge in [-0.3, -0.25) is 4.79 Å². The molecule has 4 nitrogen and oxygen atoms in total. The van der Waals surface area contributed by atoms with Gasteiger partial charge >= 0.3 is 0 Å². The van der Waals surface area contributed by atoms with Gasteiger partial charge in [0.25, 0.3) is 5.56 Å². The highest BCUT2D eigenvalue weighted by Crippen LogP contribution is 2.33. The lowest BCUT2D eigenvalue weighted by Gasteiger charge is -2.16. The third-order valence-electron chi connectivity index (χ3n) is 4.29. The van der Waals surface area contributed by atoms with Crippen LogP contribution in [0.5, 0.6) is 0 Å². The van der Waals surface area contributed by atoms with Gasteiger partial charge in [-0.15, -0.1) is 22.7 Å². The highest BCUT2D eigenvalue weighted by molar-refractivity contribution is 7.18. The summed E-state index contributed by atoms with van der Waals surface area (Å²) >= 11 is 3.20. The van der Waals surface area contributed by atoms with E-state index in [4.69, 9.17) is 4.98 Å². The Kier molecular flexibility index (Phi) is 4.94. The molecule has 0 radical (unpaired) electrons. The van der Waals surface area contributed by atoms with E-state index in [2.05, 4.69) is 31.1 Å². The normalized spacial score (nSPS) is 13.0. The molecule has 23 heavy (non-hydrogen) atoms. The van der Waals surface area contributed by atoms with Gasteiger partial charge in [-0.05, 0) is 31.2 Å². The van der Waals surface area contributed by atoms with Gasteiger partial charge in [-0.1, -0.05) is 19.9 Å². The Morgan fingerprint density at radius 3 is 2.74 bits per heavy atom. The first-order valence-electron chi connectivity index (χ1n) is 8.04. The molecule has 0 amide bonds. The molecule has 3 heterocycles. The molecule has 0 aliphatic rings.